The van der Waals surface area contributed by atoms with Crippen LogP contribution in [0.1, 0.15) is 38.1 Å². The summed E-state index contributed by atoms with van der Waals surface area (Å²) >= 11 is 0. The Bertz CT molecular complexity index is 531. The summed E-state index contributed by atoms with van der Waals surface area (Å²) in [6.07, 6.45) is 4.63. The SMILES string of the molecule is CC(C)NCc1cncn1C(C)Cc1ccc(F)cc1. The Morgan fingerprint density at radius 3 is 2.55 bits per heavy atom. The highest BCUT2D eigenvalue weighted by Crippen LogP contribution is 2.16. The van der Waals surface area contributed by atoms with Gasteiger partial charge in [0.05, 0.1) is 12.0 Å². The Kier molecular flexibility index (Phi) is 4.90. The number of nitrogens with zero attached hydrogens (tertiary/aromatic N) is 2. The maximum atomic E-state index is 12.9. The maximum Gasteiger partial charge on any atom is 0.123 e. The molecule has 0 fully saturated rings. The van der Waals surface area contributed by atoms with Gasteiger partial charge in [-0.15, -0.1) is 0 Å². The van der Waals surface area contributed by atoms with Crippen molar-refractivity contribution < 1.29 is 4.39 Å². The fraction of sp³-hybridized carbons (Fsp3) is 0.438. The molecule has 1 unspecified atom stereocenters. The van der Waals surface area contributed by atoms with Crippen LogP contribution in [0.3, 0.4) is 0 Å². The van der Waals surface area contributed by atoms with E-state index in [1.165, 1.54) is 17.8 Å². The molecule has 0 saturated heterocycles. The van der Waals surface area contributed by atoms with Crippen LogP contribution < -0.4 is 5.32 Å². The van der Waals surface area contributed by atoms with E-state index in [0.29, 0.717) is 12.1 Å². The number of nitrogens with one attached hydrogen (secondary N) is 1. The third-order valence-electron chi connectivity index (χ3n) is 3.36. The zero-order valence-corrected chi connectivity index (χ0v) is 12.3. The van der Waals surface area contributed by atoms with E-state index in [9.17, 15) is 4.39 Å². The summed E-state index contributed by atoms with van der Waals surface area (Å²) in [7, 11) is 0. The molecule has 0 aliphatic carbocycles. The molecule has 1 aromatic heterocycles. The van der Waals surface area contributed by atoms with Crippen molar-refractivity contribution in [2.75, 3.05) is 0 Å². The molecule has 3 nitrogen and oxygen atoms in total. The lowest BCUT2D eigenvalue weighted by atomic mass is 10.1. The lowest BCUT2D eigenvalue weighted by molar-refractivity contribution is 0.497. The molecule has 1 atom stereocenters. The van der Waals surface area contributed by atoms with E-state index in [4.69, 9.17) is 0 Å². The number of hydrogen-bond acceptors (Lipinski definition) is 2. The highest BCUT2D eigenvalue weighted by Gasteiger charge is 2.10. The molecule has 0 radical (unpaired) electrons. The second kappa shape index (κ2) is 6.66. The molecule has 108 valence electrons. The van der Waals surface area contributed by atoms with E-state index < -0.39 is 0 Å². The van der Waals surface area contributed by atoms with Crippen LogP contribution in [-0.2, 0) is 13.0 Å². The first-order chi connectivity index (χ1) is 9.56. The van der Waals surface area contributed by atoms with Gasteiger partial charge in [-0.05, 0) is 31.0 Å². The molecule has 20 heavy (non-hydrogen) atoms. The van der Waals surface area contributed by atoms with Crippen LogP contribution in [0.15, 0.2) is 36.8 Å². The Morgan fingerprint density at radius 1 is 1.20 bits per heavy atom. The quantitative estimate of drug-likeness (QED) is 0.876. The fourth-order valence-corrected chi connectivity index (χ4v) is 2.23. The summed E-state index contributed by atoms with van der Waals surface area (Å²) in [5.74, 6) is -0.189. The topological polar surface area (TPSA) is 29.9 Å². The first-order valence-corrected chi connectivity index (χ1v) is 7.05. The van der Waals surface area contributed by atoms with Crippen LogP contribution in [-0.4, -0.2) is 15.6 Å². The molecule has 0 bridgehead atoms. The second-order valence-electron chi connectivity index (χ2n) is 5.51. The van der Waals surface area contributed by atoms with Crippen molar-refractivity contribution in [3.05, 3.63) is 53.9 Å². The van der Waals surface area contributed by atoms with Gasteiger partial charge in [0.25, 0.3) is 0 Å². The summed E-state index contributed by atoms with van der Waals surface area (Å²) in [5.41, 5.74) is 2.31. The molecule has 0 aliphatic heterocycles. The molecule has 2 aromatic rings. The Balaban J connectivity index is 2.03. The highest BCUT2D eigenvalue weighted by molar-refractivity contribution is 5.17. The number of hydrogen-bond donors (Lipinski definition) is 1. The summed E-state index contributed by atoms with van der Waals surface area (Å²) < 4.78 is 15.1. The number of aromatic nitrogens is 2. The molecule has 1 heterocycles. The van der Waals surface area contributed by atoms with Crippen LogP contribution in [0.5, 0.6) is 0 Å². The molecule has 0 amide bonds. The Morgan fingerprint density at radius 2 is 1.90 bits per heavy atom. The van der Waals surface area contributed by atoms with Crippen LogP contribution >= 0.6 is 0 Å². The lowest BCUT2D eigenvalue weighted by Crippen LogP contribution is -2.24. The fourth-order valence-electron chi connectivity index (χ4n) is 2.23. The Labute approximate surface area is 119 Å². The predicted molar refractivity (Wildman–Crippen MR) is 79.0 cm³/mol. The van der Waals surface area contributed by atoms with Crippen molar-refractivity contribution in [2.45, 2.75) is 45.8 Å². The molecular formula is C16H22FN3. The molecule has 0 saturated carbocycles. The summed E-state index contributed by atoms with van der Waals surface area (Å²) in [4.78, 5) is 4.24. The first-order valence-electron chi connectivity index (χ1n) is 7.05. The van der Waals surface area contributed by atoms with E-state index in [1.54, 1.807) is 0 Å². The van der Waals surface area contributed by atoms with Gasteiger partial charge in [0, 0.05) is 24.8 Å². The molecule has 0 spiro atoms. The minimum atomic E-state index is -0.189. The van der Waals surface area contributed by atoms with Gasteiger partial charge < -0.3 is 9.88 Å². The summed E-state index contributed by atoms with van der Waals surface area (Å²) in [5, 5.41) is 3.40. The van der Waals surface area contributed by atoms with Crippen LogP contribution in [0.4, 0.5) is 4.39 Å². The number of benzene rings is 1. The number of halogens is 1. The number of imidazole rings is 1. The molecule has 4 heteroatoms. The standard InChI is InChI=1S/C16H22FN3/c1-12(2)19-10-16-9-18-11-20(16)13(3)8-14-4-6-15(17)7-5-14/h4-7,9,11-13,19H,8,10H2,1-3H3. The normalized spacial score (nSPS) is 12.8. The minimum Gasteiger partial charge on any atom is -0.330 e. The third-order valence-corrected chi connectivity index (χ3v) is 3.36. The van der Waals surface area contributed by atoms with Crippen molar-refractivity contribution in [1.29, 1.82) is 0 Å². The van der Waals surface area contributed by atoms with E-state index in [0.717, 1.165) is 18.5 Å². The van der Waals surface area contributed by atoms with Gasteiger partial charge in [-0.1, -0.05) is 26.0 Å². The smallest absolute Gasteiger partial charge is 0.123 e. The van der Waals surface area contributed by atoms with Gasteiger partial charge in [0.2, 0.25) is 0 Å². The Hall–Kier alpha value is -1.68. The van der Waals surface area contributed by atoms with Gasteiger partial charge in [-0.2, -0.15) is 0 Å². The van der Waals surface area contributed by atoms with Crippen molar-refractivity contribution in [2.24, 2.45) is 0 Å². The van der Waals surface area contributed by atoms with E-state index >= 15 is 0 Å². The van der Waals surface area contributed by atoms with Crippen LogP contribution in [0.25, 0.3) is 0 Å². The minimum absolute atomic E-state index is 0.189. The average Bonchev–Trinajstić information content (AvgIpc) is 2.87. The average molecular weight is 275 g/mol. The largest absolute Gasteiger partial charge is 0.330 e. The second-order valence-corrected chi connectivity index (χ2v) is 5.51. The summed E-state index contributed by atoms with van der Waals surface area (Å²) in [6.45, 7) is 7.22. The molecule has 0 aliphatic rings. The van der Waals surface area contributed by atoms with Crippen molar-refractivity contribution >= 4 is 0 Å². The highest BCUT2D eigenvalue weighted by atomic mass is 19.1. The molecule has 1 N–H and O–H groups in total. The number of rotatable bonds is 6. The molecule has 1 aromatic carbocycles. The van der Waals surface area contributed by atoms with E-state index in [2.05, 4.69) is 35.6 Å². The van der Waals surface area contributed by atoms with Gasteiger partial charge in [-0.25, -0.2) is 9.37 Å². The van der Waals surface area contributed by atoms with Gasteiger partial charge in [0.1, 0.15) is 5.82 Å². The monoisotopic (exact) mass is 275 g/mol. The van der Waals surface area contributed by atoms with E-state index in [1.807, 2.05) is 24.7 Å². The maximum absolute atomic E-state index is 12.9. The first kappa shape index (κ1) is 14.7. The van der Waals surface area contributed by atoms with E-state index in [-0.39, 0.29) is 5.82 Å². The van der Waals surface area contributed by atoms with Crippen molar-refractivity contribution in [1.82, 2.24) is 14.9 Å². The van der Waals surface area contributed by atoms with Gasteiger partial charge >= 0.3 is 0 Å². The molecular weight excluding hydrogens is 253 g/mol. The van der Waals surface area contributed by atoms with Crippen molar-refractivity contribution in [3.63, 3.8) is 0 Å². The third kappa shape index (κ3) is 3.90. The summed E-state index contributed by atoms with van der Waals surface area (Å²) in [6, 6.07) is 7.45. The lowest BCUT2D eigenvalue weighted by Gasteiger charge is -2.18. The van der Waals surface area contributed by atoms with Gasteiger partial charge in [-0.3, -0.25) is 0 Å². The van der Waals surface area contributed by atoms with Gasteiger partial charge in [0.15, 0.2) is 0 Å². The zero-order chi connectivity index (χ0) is 14.5. The van der Waals surface area contributed by atoms with Crippen LogP contribution in [0, 0.1) is 5.82 Å². The predicted octanol–water partition coefficient (Wildman–Crippen LogP) is 3.32. The van der Waals surface area contributed by atoms with Crippen molar-refractivity contribution in [3.8, 4) is 0 Å². The zero-order valence-electron chi connectivity index (χ0n) is 12.3. The molecule has 2 rings (SSSR count). The van der Waals surface area contributed by atoms with Crippen LogP contribution in [0.2, 0.25) is 0 Å².